The molecule has 0 spiro atoms. The van der Waals surface area contributed by atoms with Crippen LogP contribution in [-0.2, 0) is 22.3 Å². The molecule has 0 unspecified atom stereocenters. The lowest BCUT2D eigenvalue weighted by molar-refractivity contribution is -0.145. The minimum Gasteiger partial charge on any atom is -0.491 e. The van der Waals surface area contributed by atoms with Crippen molar-refractivity contribution in [3.05, 3.63) is 64.7 Å². The number of nitrogens with zero attached hydrogens (tertiary/aromatic N) is 1. The number of carboxylic acid groups (broad SMARTS) is 1. The third kappa shape index (κ3) is 4.43. The highest BCUT2D eigenvalue weighted by molar-refractivity contribution is 5.88. The van der Waals surface area contributed by atoms with Crippen LogP contribution in [0, 0.1) is 5.92 Å². The van der Waals surface area contributed by atoms with Crippen LogP contribution in [0.4, 0.5) is 13.2 Å². The van der Waals surface area contributed by atoms with Gasteiger partial charge in [0.15, 0.2) is 0 Å². The third-order valence-corrected chi connectivity index (χ3v) is 5.91. The maximum absolute atomic E-state index is 13.8. The van der Waals surface area contributed by atoms with Crippen LogP contribution in [-0.4, -0.2) is 41.7 Å². The van der Waals surface area contributed by atoms with E-state index in [-0.39, 0.29) is 41.9 Å². The second kappa shape index (κ2) is 8.82. The molecule has 9 heteroatoms. The summed E-state index contributed by atoms with van der Waals surface area (Å²) < 4.78 is 52.4. The Morgan fingerprint density at radius 3 is 2.47 bits per heavy atom. The molecule has 1 saturated heterocycles. The van der Waals surface area contributed by atoms with Crippen LogP contribution in [0.1, 0.15) is 45.9 Å². The van der Waals surface area contributed by atoms with Gasteiger partial charge in [0.1, 0.15) is 12.4 Å². The molecule has 0 aromatic heterocycles. The summed E-state index contributed by atoms with van der Waals surface area (Å²) in [7, 11) is 0. The second-order valence-electron chi connectivity index (χ2n) is 7.89. The molecular formula is C23H22F3NO5. The number of benzene rings is 2. The van der Waals surface area contributed by atoms with Crippen molar-refractivity contribution in [3.63, 3.8) is 0 Å². The number of ether oxygens (including phenoxy) is 2. The Hall–Kier alpha value is -3.07. The minimum absolute atomic E-state index is 0.000183. The molecule has 4 rings (SSSR count). The van der Waals surface area contributed by atoms with E-state index in [0.717, 1.165) is 6.07 Å². The summed E-state index contributed by atoms with van der Waals surface area (Å²) in [5.74, 6) is -1.51. The van der Waals surface area contributed by atoms with E-state index in [1.54, 1.807) is 6.07 Å². The molecule has 2 aromatic carbocycles. The van der Waals surface area contributed by atoms with Gasteiger partial charge in [0.05, 0.1) is 23.7 Å². The summed E-state index contributed by atoms with van der Waals surface area (Å²) in [5.41, 5.74) is -0.329. The van der Waals surface area contributed by atoms with Crippen LogP contribution in [0.25, 0.3) is 0 Å². The predicted octanol–water partition coefficient (Wildman–Crippen LogP) is 4.29. The molecule has 1 amide bonds. The zero-order valence-corrected chi connectivity index (χ0v) is 17.1. The van der Waals surface area contributed by atoms with Gasteiger partial charge >= 0.3 is 12.1 Å². The number of fused-ring (bicyclic) bond motifs is 1. The lowest BCUT2D eigenvalue weighted by Crippen LogP contribution is -2.42. The first-order chi connectivity index (χ1) is 15.3. The van der Waals surface area contributed by atoms with Crippen molar-refractivity contribution in [2.75, 3.05) is 19.8 Å². The van der Waals surface area contributed by atoms with Crippen molar-refractivity contribution in [2.45, 2.75) is 31.6 Å². The van der Waals surface area contributed by atoms with E-state index in [9.17, 15) is 27.9 Å². The summed E-state index contributed by atoms with van der Waals surface area (Å²) in [6.07, 6.45) is -3.61. The third-order valence-electron chi connectivity index (χ3n) is 5.91. The number of hydrogen-bond donors (Lipinski definition) is 1. The topological polar surface area (TPSA) is 76.1 Å². The minimum atomic E-state index is -4.60. The Kier molecular flexibility index (Phi) is 6.10. The fraction of sp³-hybridized carbons (Fsp3) is 0.391. The van der Waals surface area contributed by atoms with E-state index in [0.29, 0.717) is 31.6 Å². The molecule has 0 radical (unpaired) electrons. The Balaban J connectivity index is 1.77. The largest absolute Gasteiger partial charge is 0.491 e. The molecule has 1 fully saturated rings. The number of amides is 1. The molecule has 0 bridgehead atoms. The lowest BCUT2D eigenvalue weighted by atomic mass is 9.94. The predicted molar refractivity (Wildman–Crippen MR) is 107 cm³/mol. The van der Waals surface area contributed by atoms with E-state index in [4.69, 9.17) is 9.47 Å². The number of carboxylic acids is 1. The molecule has 170 valence electrons. The van der Waals surface area contributed by atoms with Gasteiger partial charge in [-0.25, -0.2) is 4.79 Å². The molecule has 2 heterocycles. The Bertz CT molecular complexity index is 1020. The van der Waals surface area contributed by atoms with Crippen LogP contribution < -0.4 is 4.74 Å². The first-order valence-corrected chi connectivity index (χ1v) is 10.3. The van der Waals surface area contributed by atoms with Crippen LogP contribution >= 0.6 is 0 Å². The van der Waals surface area contributed by atoms with Crippen molar-refractivity contribution in [2.24, 2.45) is 5.92 Å². The van der Waals surface area contributed by atoms with Crippen LogP contribution in [0.5, 0.6) is 5.75 Å². The molecule has 1 N–H and O–H groups in total. The molecule has 0 aliphatic carbocycles. The van der Waals surface area contributed by atoms with Gasteiger partial charge in [0, 0.05) is 24.7 Å². The molecule has 0 saturated carbocycles. The summed E-state index contributed by atoms with van der Waals surface area (Å²) in [6.45, 7) is 0.632. The smallest absolute Gasteiger partial charge is 0.416 e. The molecule has 6 nitrogen and oxygen atoms in total. The van der Waals surface area contributed by atoms with Gasteiger partial charge in [-0.3, -0.25) is 4.79 Å². The van der Waals surface area contributed by atoms with Gasteiger partial charge in [-0.1, -0.05) is 24.3 Å². The van der Waals surface area contributed by atoms with Crippen LogP contribution in [0.3, 0.4) is 0 Å². The number of halogens is 3. The molecule has 1 atom stereocenters. The first kappa shape index (κ1) is 22.1. The highest BCUT2D eigenvalue weighted by Gasteiger charge is 2.40. The lowest BCUT2D eigenvalue weighted by Gasteiger charge is -2.35. The second-order valence-corrected chi connectivity index (χ2v) is 7.89. The van der Waals surface area contributed by atoms with E-state index >= 15 is 0 Å². The Labute approximate surface area is 182 Å². The monoisotopic (exact) mass is 449 g/mol. The number of alkyl halides is 3. The fourth-order valence-electron chi connectivity index (χ4n) is 4.22. The average Bonchev–Trinajstić information content (AvgIpc) is 2.97. The van der Waals surface area contributed by atoms with Crippen LogP contribution in [0.2, 0.25) is 0 Å². The van der Waals surface area contributed by atoms with Crippen LogP contribution in [0.15, 0.2) is 42.5 Å². The fourth-order valence-corrected chi connectivity index (χ4v) is 4.22. The first-order valence-electron chi connectivity index (χ1n) is 10.3. The van der Waals surface area contributed by atoms with Crippen molar-refractivity contribution in [3.8, 4) is 5.75 Å². The summed E-state index contributed by atoms with van der Waals surface area (Å²) in [5, 5.41) is 9.27. The number of carbonyl (C=O) groups excluding carboxylic acids is 1. The van der Waals surface area contributed by atoms with E-state index in [1.807, 2.05) is 0 Å². The number of hydrogen-bond acceptors (Lipinski definition) is 4. The quantitative estimate of drug-likeness (QED) is 0.757. The molecule has 2 aromatic rings. The van der Waals surface area contributed by atoms with Gasteiger partial charge < -0.3 is 19.5 Å². The zero-order chi connectivity index (χ0) is 22.9. The summed E-state index contributed by atoms with van der Waals surface area (Å²) >= 11 is 0. The van der Waals surface area contributed by atoms with Gasteiger partial charge in [0.25, 0.3) is 0 Å². The highest BCUT2D eigenvalue weighted by Crippen LogP contribution is 2.40. The number of rotatable bonds is 3. The van der Waals surface area contributed by atoms with E-state index in [2.05, 4.69) is 0 Å². The normalized spacial score (nSPS) is 19.6. The van der Waals surface area contributed by atoms with Gasteiger partial charge in [0.2, 0.25) is 5.91 Å². The van der Waals surface area contributed by atoms with Crippen molar-refractivity contribution in [1.29, 1.82) is 0 Å². The standard InChI is InChI=1S/C23H22F3NO5/c24-23(25,26)18-4-2-1-3-17(18)19-13-32-20-11-15(22(29)30)5-6-16(20)12-27(19)21(28)14-7-9-31-10-8-14/h1-6,11,14,19H,7-10,12-13H2,(H,29,30)/t19-/m0/s1. The van der Waals surface area contributed by atoms with E-state index in [1.165, 1.54) is 35.2 Å². The number of carbonyl (C=O) groups is 2. The van der Waals surface area contributed by atoms with E-state index < -0.39 is 23.8 Å². The molecule has 32 heavy (non-hydrogen) atoms. The Morgan fingerprint density at radius 2 is 1.78 bits per heavy atom. The Morgan fingerprint density at radius 1 is 1.06 bits per heavy atom. The highest BCUT2D eigenvalue weighted by atomic mass is 19.4. The SMILES string of the molecule is O=C(O)c1ccc2c(c1)OC[C@@H](c1ccccc1C(F)(F)F)N(C(=O)C1CCOCC1)C2. The van der Waals surface area contributed by atoms with Crippen molar-refractivity contribution >= 4 is 11.9 Å². The summed E-state index contributed by atoms with van der Waals surface area (Å²) in [4.78, 5) is 26.2. The average molecular weight is 449 g/mol. The maximum Gasteiger partial charge on any atom is 0.416 e. The summed E-state index contributed by atoms with van der Waals surface area (Å²) in [6, 6.07) is 8.46. The van der Waals surface area contributed by atoms with Gasteiger partial charge in [-0.2, -0.15) is 13.2 Å². The van der Waals surface area contributed by atoms with Gasteiger partial charge in [-0.05, 0) is 36.6 Å². The number of aromatic carboxylic acids is 1. The van der Waals surface area contributed by atoms with Gasteiger partial charge in [-0.15, -0.1) is 0 Å². The van der Waals surface area contributed by atoms with Crippen molar-refractivity contribution in [1.82, 2.24) is 4.90 Å². The van der Waals surface area contributed by atoms with Crippen molar-refractivity contribution < 1.29 is 37.3 Å². The molecule has 2 aliphatic heterocycles. The molecular weight excluding hydrogens is 427 g/mol. The maximum atomic E-state index is 13.8. The zero-order valence-electron chi connectivity index (χ0n) is 17.1. The molecule has 2 aliphatic rings.